The zero-order chi connectivity index (χ0) is 12.3. The smallest absolute Gasteiger partial charge is 0.314 e. The van der Waals surface area contributed by atoms with Crippen LogP contribution < -0.4 is 5.32 Å². The molecule has 0 bridgehead atoms. The third kappa shape index (κ3) is 2.02. The Balaban J connectivity index is 2.38. The van der Waals surface area contributed by atoms with E-state index in [9.17, 15) is 9.90 Å². The van der Waals surface area contributed by atoms with Crippen LogP contribution in [0.25, 0.3) is 0 Å². The van der Waals surface area contributed by atoms with Gasteiger partial charge in [-0.05, 0) is 43.6 Å². The van der Waals surface area contributed by atoms with Crippen molar-refractivity contribution in [3.63, 3.8) is 0 Å². The second-order valence-electron chi connectivity index (χ2n) is 4.33. The van der Waals surface area contributed by atoms with Gasteiger partial charge in [0.25, 0.3) is 0 Å². The number of hydrogen-bond donors (Lipinski definition) is 2. The normalized spacial score (nSPS) is 18.3. The first kappa shape index (κ1) is 11.6. The topological polar surface area (TPSA) is 73.1 Å². The van der Waals surface area contributed by atoms with E-state index in [4.69, 9.17) is 5.26 Å². The number of nitrogens with zero attached hydrogens (tertiary/aromatic N) is 1. The van der Waals surface area contributed by atoms with E-state index >= 15 is 0 Å². The molecule has 88 valence electrons. The van der Waals surface area contributed by atoms with E-state index in [1.54, 1.807) is 24.3 Å². The first-order valence-electron chi connectivity index (χ1n) is 5.64. The van der Waals surface area contributed by atoms with Crippen LogP contribution >= 0.6 is 0 Å². The number of benzene rings is 1. The summed E-state index contributed by atoms with van der Waals surface area (Å²) in [6, 6.07) is 8.93. The van der Waals surface area contributed by atoms with Crippen LogP contribution in [0.2, 0.25) is 0 Å². The first-order valence-corrected chi connectivity index (χ1v) is 5.64. The minimum Gasteiger partial charge on any atom is -0.481 e. The molecule has 4 heteroatoms. The highest BCUT2D eigenvalue weighted by atomic mass is 16.4. The summed E-state index contributed by atoms with van der Waals surface area (Å²) in [5, 5.41) is 21.4. The van der Waals surface area contributed by atoms with Gasteiger partial charge in [-0.3, -0.25) is 4.79 Å². The summed E-state index contributed by atoms with van der Waals surface area (Å²) in [4.78, 5) is 11.5. The Hall–Kier alpha value is -1.86. The van der Waals surface area contributed by atoms with Gasteiger partial charge in [-0.2, -0.15) is 5.26 Å². The summed E-state index contributed by atoms with van der Waals surface area (Å²) in [5.74, 6) is -0.774. The number of rotatable bonds is 2. The molecule has 1 fully saturated rings. The molecule has 1 aliphatic rings. The van der Waals surface area contributed by atoms with E-state index in [2.05, 4.69) is 5.32 Å². The molecule has 0 unspecified atom stereocenters. The van der Waals surface area contributed by atoms with Crippen molar-refractivity contribution in [1.29, 1.82) is 5.26 Å². The van der Waals surface area contributed by atoms with Crippen LogP contribution in [0.15, 0.2) is 24.3 Å². The summed E-state index contributed by atoms with van der Waals surface area (Å²) in [5.41, 5.74) is 0.563. The first-order chi connectivity index (χ1) is 8.19. The molecule has 2 rings (SSSR count). The molecule has 0 atom stereocenters. The highest BCUT2D eigenvalue weighted by molar-refractivity contribution is 5.81. The Morgan fingerprint density at radius 1 is 1.29 bits per heavy atom. The number of nitrogens with one attached hydrogen (secondary N) is 1. The van der Waals surface area contributed by atoms with Crippen LogP contribution in [0, 0.1) is 11.3 Å². The fourth-order valence-corrected chi connectivity index (χ4v) is 2.34. The Morgan fingerprint density at radius 3 is 2.35 bits per heavy atom. The van der Waals surface area contributed by atoms with E-state index in [0.717, 1.165) is 5.56 Å². The van der Waals surface area contributed by atoms with Crippen molar-refractivity contribution in [2.24, 2.45) is 0 Å². The third-order valence-electron chi connectivity index (χ3n) is 3.43. The molecule has 0 aliphatic carbocycles. The fourth-order valence-electron chi connectivity index (χ4n) is 2.34. The van der Waals surface area contributed by atoms with Crippen LogP contribution in [0.4, 0.5) is 0 Å². The summed E-state index contributed by atoms with van der Waals surface area (Å²) in [6.45, 7) is 1.43. The van der Waals surface area contributed by atoms with Gasteiger partial charge in [0.15, 0.2) is 0 Å². The highest BCUT2D eigenvalue weighted by Crippen LogP contribution is 2.33. The van der Waals surface area contributed by atoms with E-state index in [1.165, 1.54) is 0 Å². The van der Waals surface area contributed by atoms with Crippen LogP contribution in [0.5, 0.6) is 0 Å². The van der Waals surface area contributed by atoms with Crippen molar-refractivity contribution in [1.82, 2.24) is 5.32 Å². The van der Waals surface area contributed by atoms with E-state index in [0.29, 0.717) is 31.5 Å². The minimum atomic E-state index is -0.792. The van der Waals surface area contributed by atoms with Crippen LogP contribution in [0.3, 0.4) is 0 Å². The maximum atomic E-state index is 11.5. The molecule has 2 N–H and O–H groups in total. The molecule has 4 nitrogen and oxygen atoms in total. The molecule has 17 heavy (non-hydrogen) atoms. The van der Waals surface area contributed by atoms with Crippen LogP contribution in [-0.4, -0.2) is 24.2 Å². The van der Waals surface area contributed by atoms with Crippen molar-refractivity contribution < 1.29 is 9.90 Å². The number of carboxylic acid groups (broad SMARTS) is 1. The lowest BCUT2D eigenvalue weighted by molar-refractivity contribution is -0.145. The standard InChI is InChI=1S/C13H14N2O2/c14-9-10-1-3-11(4-2-10)13(12(16)17)5-7-15-8-6-13/h1-4,15H,5-8H2,(H,16,17). The number of piperidine rings is 1. The Kier molecular flexibility index (Phi) is 3.12. The predicted molar refractivity (Wildman–Crippen MR) is 62.6 cm³/mol. The SMILES string of the molecule is N#Cc1ccc(C2(C(=O)O)CCNCC2)cc1. The second kappa shape index (κ2) is 4.56. The van der Waals surface area contributed by atoms with Crippen LogP contribution in [-0.2, 0) is 10.2 Å². The molecule has 1 heterocycles. The molecule has 0 amide bonds. The molecule has 0 aromatic heterocycles. The molecule has 0 radical (unpaired) electrons. The van der Waals surface area contributed by atoms with Gasteiger partial charge in [0.05, 0.1) is 17.0 Å². The number of carbonyl (C=O) groups is 1. The fraction of sp³-hybridized carbons (Fsp3) is 0.385. The van der Waals surface area contributed by atoms with Crippen molar-refractivity contribution in [3.8, 4) is 6.07 Å². The second-order valence-corrected chi connectivity index (χ2v) is 4.33. The molecule has 0 saturated carbocycles. The molecule has 1 aromatic carbocycles. The average Bonchev–Trinajstić information content (AvgIpc) is 2.39. The predicted octanol–water partition coefficient (Wildman–Crippen LogP) is 1.26. The Bertz CT molecular complexity index is 453. The molecule has 1 aromatic rings. The maximum absolute atomic E-state index is 11.5. The van der Waals surface area contributed by atoms with Gasteiger partial charge in [0, 0.05) is 0 Å². The summed E-state index contributed by atoms with van der Waals surface area (Å²) in [7, 11) is 0. The third-order valence-corrected chi connectivity index (χ3v) is 3.43. The lowest BCUT2D eigenvalue weighted by atomic mass is 9.73. The molecule has 1 aliphatic heterocycles. The Morgan fingerprint density at radius 2 is 1.88 bits per heavy atom. The molecule has 0 spiro atoms. The van der Waals surface area contributed by atoms with Crippen molar-refractivity contribution >= 4 is 5.97 Å². The zero-order valence-electron chi connectivity index (χ0n) is 9.44. The molecular weight excluding hydrogens is 216 g/mol. The number of carboxylic acids is 1. The van der Waals surface area contributed by atoms with Crippen molar-refractivity contribution in [3.05, 3.63) is 35.4 Å². The average molecular weight is 230 g/mol. The van der Waals surface area contributed by atoms with Gasteiger partial charge in [0.2, 0.25) is 0 Å². The summed E-state index contributed by atoms with van der Waals surface area (Å²) >= 11 is 0. The molecule has 1 saturated heterocycles. The van der Waals surface area contributed by atoms with Crippen molar-refractivity contribution in [2.45, 2.75) is 18.3 Å². The van der Waals surface area contributed by atoms with Gasteiger partial charge < -0.3 is 10.4 Å². The van der Waals surface area contributed by atoms with E-state index < -0.39 is 11.4 Å². The largest absolute Gasteiger partial charge is 0.481 e. The van der Waals surface area contributed by atoms with E-state index in [-0.39, 0.29) is 0 Å². The van der Waals surface area contributed by atoms with Crippen LogP contribution in [0.1, 0.15) is 24.0 Å². The number of nitriles is 1. The monoisotopic (exact) mass is 230 g/mol. The lowest BCUT2D eigenvalue weighted by Crippen LogP contribution is -2.45. The van der Waals surface area contributed by atoms with Gasteiger partial charge in [-0.15, -0.1) is 0 Å². The lowest BCUT2D eigenvalue weighted by Gasteiger charge is -2.34. The van der Waals surface area contributed by atoms with E-state index in [1.807, 2.05) is 6.07 Å². The summed E-state index contributed by atoms with van der Waals surface area (Å²) < 4.78 is 0. The summed E-state index contributed by atoms with van der Waals surface area (Å²) in [6.07, 6.45) is 1.18. The minimum absolute atomic E-state index is 0.559. The number of hydrogen-bond acceptors (Lipinski definition) is 3. The van der Waals surface area contributed by atoms with Gasteiger partial charge >= 0.3 is 5.97 Å². The van der Waals surface area contributed by atoms with Gasteiger partial charge in [0.1, 0.15) is 0 Å². The van der Waals surface area contributed by atoms with Crippen molar-refractivity contribution in [2.75, 3.05) is 13.1 Å². The van der Waals surface area contributed by atoms with Gasteiger partial charge in [-0.1, -0.05) is 12.1 Å². The van der Waals surface area contributed by atoms with Gasteiger partial charge in [-0.25, -0.2) is 0 Å². The molecular formula is C13H14N2O2. The number of aliphatic carboxylic acids is 1. The zero-order valence-corrected chi connectivity index (χ0v) is 9.44. The Labute approximate surface area is 99.9 Å². The highest BCUT2D eigenvalue weighted by Gasteiger charge is 2.41. The maximum Gasteiger partial charge on any atom is 0.314 e. The quantitative estimate of drug-likeness (QED) is 0.802.